The first kappa shape index (κ1) is 14.6. The zero-order valence-electron chi connectivity index (χ0n) is 11.8. The number of phenols is 1. The van der Waals surface area contributed by atoms with Crippen LogP contribution < -0.4 is 10.1 Å². The quantitative estimate of drug-likeness (QED) is 0.869. The Balaban J connectivity index is 1.92. The number of carbonyl (C=O) groups excluding carboxylic acids is 1. The maximum absolute atomic E-state index is 12.0. The molecular weight excluding hydrogens is 262 g/mol. The molecule has 2 rings (SSSR count). The summed E-state index contributed by atoms with van der Waals surface area (Å²) in [5, 5.41) is 12.5. The van der Waals surface area contributed by atoms with Gasteiger partial charge < -0.3 is 24.6 Å². The fourth-order valence-corrected chi connectivity index (χ4v) is 2.00. The molecule has 1 fully saturated rings. The van der Waals surface area contributed by atoms with E-state index >= 15 is 0 Å². The molecule has 6 nitrogen and oxygen atoms in total. The van der Waals surface area contributed by atoms with Crippen molar-refractivity contribution in [1.82, 2.24) is 5.32 Å². The minimum Gasteiger partial charge on any atom is -0.507 e. The van der Waals surface area contributed by atoms with E-state index in [2.05, 4.69) is 5.32 Å². The molecule has 1 aromatic rings. The summed E-state index contributed by atoms with van der Waals surface area (Å²) in [6.45, 7) is 4.41. The van der Waals surface area contributed by atoms with Crippen molar-refractivity contribution in [3.63, 3.8) is 0 Å². The smallest absolute Gasteiger partial charge is 0.255 e. The molecule has 0 aromatic heterocycles. The van der Waals surface area contributed by atoms with Crippen LogP contribution >= 0.6 is 0 Å². The topological polar surface area (TPSA) is 77.0 Å². The minimum absolute atomic E-state index is 0.120. The summed E-state index contributed by atoms with van der Waals surface area (Å²) in [4.78, 5) is 12.0. The van der Waals surface area contributed by atoms with Crippen LogP contribution in [0, 0.1) is 0 Å². The third kappa shape index (κ3) is 3.40. The molecule has 1 aromatic carbocycles. The van der Waals surface area contributed by atoms with Crippen LogP contribution in [0.1, 0.15) is 24.2 Å². The van der Waals surface area contributed by atoms with E-state index in [0.29, 0.717) is 18.9 Å². The number of rotatable bonds is 4. The highest BCUT2D eigenvalue weighted by Gasteiger charge is 2.32. The molecule has 1 atom stereocenters. The molecule has 1 amide bonds. The summed E-state index contributed by atoms with van der Waals surface area (Å²) in [5.41, 5.74) is 0.198. The van der Waals surface area contributed by atoms with Crippen LogP contribution in [0.5, 0.6) is 11.5 Å². The number of phenolic OH excluding ortho intramolecular Hbond substituents is 1. The fraction of sp³-hybridized carbons (Fsp3) is 0.500. The number of hydrogen-bond donors (Lipinski definition) is 2. The zero-order chi connectivity index (χ0) is 14.8. The second-order valence-electron chi connectivity index (χ2n) is 5.04. The normalized spacial score (nSPS) is 20.6. The molecule has 0 bridgehead atoms. The van der Waals surface area contributed by atoms with Gasteiger partial charge in [-0.3, -0.25) is 4.79 Å². The molecule has 1 unspecified atom stereocenters. The number of hydrogen-bond acceptors (Lipinski definition) is 5. The van der Waals surface area contributed by atoms with Crippen LogP contribution in [0.2, 0.25) is 0 Å². The molecule has 0 radical (unpaired) electrons. The number of carbonyl (C=O) groups is 1. The summed E-state index contributed by atoms with van der Waals surface area (Å²) in [7, 11) is 1.49. The molecule has 0 saturated carbocycles. The number of nitrogens with one attached hydrogen (secondary N) is 1. The first-order chi connectivity index (χ1) is 9.41. The van der Waals surface area contributed by atoms with Crippen LogP contribution in [0.15, 0.2) is 18.2 Å². The molecule has 1 heterocycles. The standard InChI is InChI=1S/C14H19NO5/c1-14(2)19-8-10(20-14)7-15-13(17)11-5-4-9(18-3)6-12(11)16/h4-6,10,16H,7-8H2,1-3H3,(H,15,17). The number of benzene rings is 1. The van der Waals surface area contributed by atoms with Gasteiger partial charge in [0.15, 0.2) is 5.79 Å². The average Bonchev–Trinajstić information content (AvgIpc) is 2.75. The Morgan fingerprint density at radius 2 is 2.30 bits per heavy atom. The molecule has 2 N–H and O–H groups in total. The molecule has 0 spiro atoms. The van der Waals surface area contributed by atoms with Gasteiger partial charge in [-0.25, -0.2) is 0 Å². The highest BCUT2D eigenvalue weighted by molar-refractivity contribution is 5.97. The van der Waals surface area contributed by atoms with Gasteiger partial charge in [0.2, 0.25) is 0 Å². The Morgan fingerprint density at radius 1 is 1.55 bits per heavy atom. The highest BCUT2D eigenvalue weighted by atomic mass is 16.7. The van der Waals surface area contributed by atoms with Crippen molar-refractivity contribution in [2.45, 2.75) is 25.7 Å². The Hall–Kier alpha value is -1.79. The summed E-state index contributed by atoms with van der Waals surface area (Å²) in [6.07, 6.45) is -0.186. The first-order valence-corrected chi connectivity index (χ1v) is 6.38. The maximum atomic E-state index is 12.0. The number of methoxy groups -OCH3 is 1. The second kappa shape index (κ2) is 5.68. The lowest BCUT2D eigenvalue weighted by Crippen LogP contribution is -2.34. The molecule has 110 valence electrons. The first-order valence-electron chi connectivity index (χ1n) is 6.38. The number of amides is 1. The van der Waals surface area contributed by atoms with E-state index in [1.165, 1.54) is 19.2 Å². The predicted molar refractivity (Wildman–Crippen MR) is 71.9 cm³/mol. The molecule has 0 aliphatic carbocycles. The summed E-state index contributed by atoms with van der Waals surface area (Å²) in [5.74, 6) is -0.602. The van der Waals surface area contributed by atoms with Gasteiger partial charge in [-0.1, -0.05) is 0 Å². The molecular formula is C14H19NO5. The summed E-state index contributed by atoms with van der Waals surface area (Å²) >= 11 is 0. The van der Waals surface area contributed by atoms with Crippen molar-refractivity contribution in [2.75, 3.05) is 20.3 Å². The van der Waals surface area contributed by atoms with Crippen LogP contribution in [-0.4, -0.2) is 43.2 Å². The number of aromatic hydroxyl groups is 1. The van der Waals surface area contributed by atoms with Gasteiger partial charge in [-0.05, 0) is 26.0 Å². The maximum Gasteiger partial charge on any atom is 0.255 e. The zero-order valence-corrected chi connectivity index (χ0v) is 11.8. The lowest BCUT2D eigenvalue weighted by atomic mass is 10.1. The van der Waals surface area contributed by atoms with E-state index in [1.807, 2.05) is 13.8 Å². The van der Waals surface area contributed by atoms with Crippen molar-refractivity contribution in [2.24, 2.45) is 0 Å². The van der Waals surface area contributed by atoms with Crippen LogP contribution in [0.25, 0.3) is 0 Å². The molecule has 1 saturated heterocycles. The van der Waals surface area contributed by atoms with Crippen LogP contribution in [-0.2, 0) is 9.47 Å². The van der Waals surface area contributed by atoms with Gasteiger partial charge in [0.1, 0.15) is 17.6 Å². The third-order valence-electron chi connectivity index (χ3n) is 3.01. The van der Waals surface area contributed by atoms with Crippen molar-refractivity contribution in [3.05, 3.63) is 23.8 Å². The Kier molecular flexibility index (Phi) is 4.15. The van der Waals surface area contributed by atoms with Crippen molar-refractivity contribution in [3.8, 4) is 11.5 Å². The second-order valence-corrected chi connectivity index (χ2v) is 5.04. The molecule has 1 aliphatic heterocycles. The van der Waals surface area contributed by atoms with Crippen LogP contribution in [0.4, 0.5) is 0 Å². The lowest BCUT2D eigenvalue weighted by molar-refractivity contribution is -0.137. The van der Waals surface area contributed by atoms with E-state index in [4.69, 9.17) is 14.2 Å². The van der Waals surface area contributed by atoms with E-state index in [1.54, 1.807) is 6.07 Å². The molecule has 6 heteroatoms. The third-order valence-corrected chi connectivity index (χ3v) is 3.01. The largest absolute Gasteiger partial charge is 0.507 e. The van der Waals surface area contributed by atoms with Gasteiger partial charge in [-0.15, -0.1) is 0 Å². The highest BCUT2D eigenvalue weighted by Crippen LogP contribution is 2.24. The fourth-order valence-electron chi connectivity index (χ4n) is 2.00. The van der Waals surface area contributed by atoms with Crippen molar-refractivity contribution in [1.29, 1.82) is 0 Å². The Morgan fingerprint density at radius 3 is 2.85 bits per heavy atom. The van der Waals surface area contributed by atoms with E-state index < -0.39 is 5.79 Å². The van der Waals surface area contributed by atoms with E-state index in [0.717, 1.165) is 0 Å². The van der Waals surface area contributed by atoms with Gasteiger partial charge in [0.25, 0.3) is 5.91 Å². The van der Waals surface area contributed by atoms with Gasteiger partial charge in [-0.2, -0.15) is 0 Å². The van der Waals surface area contributed by atoms with Crippen molar-refractivity contribution >= 4 is 5.91 Å². The predicted octanol–water partition coefficient (Wildman–Crippen LogP) is 1.28. The van der Waals surface area contributed by atoms with E-state index in [-0.39, 0.29) is 23.3 Å². The SMILES string of the molecule is COc1ccc(C(=O)NCC2COC(C)(C)O2)c(O)c1. The van der Waals surface area contributed by atoms with Gasteiger partial charge in [0.05, 0.1) is 19.3 Å². The van der Waals surface area contributed by atoms with Gasteiger partial charge >= 0.3 is 0 Å². The van der Waals surface area contributed by atoms with Gasteiger partial charge in [0, 0.05) is 12.6 Å². The number of ether oxygens (including phenoxy) is 3. The van der Waals surface area contributed by atoms with E-state index in [9.17, 15) is 9.90 Å². The van der Waals surface area contributed by atoms with Crippen molar-refractivity contribution < 1.29 is 24.1 Å². The summed E-state index contributed by atoms with van der Waals surface area (Å²) in [6, 6.07) is 4.53. The Labute approximate surface area is 117 Å². The molecule has 20 heavy (non-hydrogen) atoms. The summed E-state index contributed by atoms with van der Waals surface area (Å²) < 4.78 is 16.0. The minimum atomic E-state index is -0.613. The monoisotopic (exact) mass is 281 g/mol. The van der Waals surface area contributed by atoms with Crippen LogP contribution in [0.3, 0.4) is 0 Å². The Bertz CT molecular complexity index is 500. The average molecular weight is 281 g/mol. The molecule has 1 aliphatic rings. The lowest BCUT2D eigenvalue weighted by Gasteiger charge is -2.17.